The molecule has 0 radical (unpaired) electrons. The fourth-order valence-corrected chi connectivity index (χ4v) is 3.00. The summed E-state index contributed by atoms with van der Waals surface area (Å²) in [5.74, 6) is 0.713. The van der Waals surface area contributed by atoms with E-state index in [-0.39, 0.29) is 5.82 Å². The number of hydrogen-bond acceptors (Lipinski definition) is 1. The second-order valence-electron chi connectivity index (χ2n) is 4.89. The summed E-state index contributed by atoms with van der Waals surface area (Å²) >= 11 is 3.40. The number of nitrogens with one attached hydrogen (secondary N) is 1. The van der Waals surface area contributed by atoms with Crippen LogP contribution in [0.1, 0.15) is 31.7 Å². The van der Waals surface area contributed by atoms with Gasteiger partial charge >= 0.3 is 0 Å². The van der Waals surface area contributed by atoms with Gasteiger partial charge in [0, 0.05) is 10.5 Å². The van der Waals surface area contributed by atoms with Gasteiger partial charge in [-0.05, 0) is 55.5 Å². The van der Waals surface area contributed by atoms with Gasteiger partial charge in [0.2, 0.25) is 0 Å². The van der Waals surface area contributed by atoms with E-state index in [1.54, 1.807) is 12.1 Å². The van der Waals surface area contributed by atoms with Crippen molar-refractivity contribution >= 4 is 15.9 Å². The summed E-state index contributed by atoms with van der Waals surface area (Å²) in [6.45, 7) is 3.31. The molecule has 1 aliphatic heterocycles. The van der Waals surface area contributed by atoms with E-state index in [1.807, 2.05) is 6.07 Å². The van der Waals surface area contributed by atoms with Crippen molar-refractivity contribution in [2.24, 2.45) is 5.92 Å². The molecule has 1 nitrogen and oxygen atoms in total. The number of rotatable bonds is 3. The van der Waals surface area contributed by atoms with Gasteiger partial charge in [-0.3, -0.25) is 0 Å². The Morgan fingerprint density at radius 1 is 1.47 bits per heavy atom. The van der Waals surface area contributed by atoms with E-state index in [4.69, 9.17) is 0 Å². The van der Waals surface area contributed by atoms with Crippen molar-refractivity contribution in [3.8, 4) is 0 Å². The third-order valence-electron chi connectivity index (χ3n) is 3.65. The van der Waals surface area contributed by atoms with Crippen molar-refractivity contribution in [2.75, 3.05) is 6.54 Å². The minimum atomic E-state index is -0.0892. The SMILES string of the molecule is CCC1CCNC(Cc2cc(Br)ccc2F)C1. The molecule has 1 aromatic rings. The van der Waals surface area contributed by atoms with Gasteiger partial charge in [-0.2, -0.15) is 0 Å². The maximum Gasteiger partial charge on any atom is 0.126 e. The smallest absolute Gasteiger partial charge is 0.126 e. The lowest BCUT2D eigenvalue weighted by molar-refractivity contribution is 0.292. The Morgan fingerprint density at radius 3 is 3.06 bits per heavy atom. The Morgan fingerprint density at radius 2 is 2.29 bits per heavy atom. The highest BCUT2D eigenvalue weighted by Crippen LogP contribution is 2.23. The third kappa shape index (κ3) is 3.52. The first-order valence-corrected chi connectivity index (χ1v) is 7.15. The molecule has 0 amide bonds. The zero-order valence-electron chi connectivity index (χ0n) is 10.2. The minimum Gasteiger partial charge on any atom is -0.314 e. The summed E-state index contributed by atoms with van der Waals surface area (Å²) in [5.41, 5.74) is 0.814. The van der Waals surface area contributed by atoms with E-state index in [0.29, 0.717) is 6.04 Å². The normalized spacial score (nSPS) is 24.9. The van der Waals surface area contributed by atoms with Crippen LogP contribution >= 0.6 is 15.9 Å². The molecule has 94 valence electrons. The van der Waals surface area contributed by atoms with Crippen LogP contribution in [0.25, 0.3) is 0 Å². The maximum absolute atomic E-state index is 13.7. The van der Waals surface area contributed by atoms with Gasteiger partial charge < -0.3 is 5.32 Å². The summed E-state index contributed by atoms with van der Waals surface area (Å²) in [5, 5.41) is 3.50. The summed E-state index contributed by atoms with van der Waals surface area (Å²) in [6, 6.07) is 5.62. The van der Waals surface area contributed by atoms with Crippen LogP contribution in [0.5, 0.6) is 0 Å². The van der Waals surface area contributed by atoms with Crippen LogP contribution in [0.3, 0.4) is 0 Å². The first-order valence-electron chi connectivity index (χ1n) is 6.36. The van der Waals surface area contributed by atoms with Gasteiger partial charge in [0.05, 0.1) is 0 Å². The quantitative estimate of drug-likeness (QED) is 0.892. The van der Waals surface area contributed by atoms with Gasteiger partial charge in [0.1, 0.15) is 5.82 Å². The van der Waals surface area contributed by atoms with E-state index >= 15 is 0 Å². The van der Waals surface area contributed by atoms with Crippen molar-refractivity contribution < 1.29 is 4.39 Å². The van der Waals surface area contributed by atoms with Crippen LogP contribution in [-0.2, 0) is 6.42 Å². The molecule has 1 aliphatic rings. The Hall–Kier alpha value is -0.410. The van der Waals surface area contributed by atoms with E-state index in [9.17, 15) is 4.39 Å². The van der Waals surface area contributed by atoms with Crippen LogP contribution in [0.4, 0.5) is 4.39 Å². The zero-order chi connectivity index (χ0) is 12.3. The molecule has 3 heteroatoms. The van der Waals surface area contributed by atoms with Crippen LogP contribution in [0.15, 0.2) is 22.7 Å². The molecule has 2 atom stereocenters. The lowest BCUT2D eigenvalue weighted by Gasteiger charge is -2.30. The molecule has 1 N–H and O–H groups in total. The summed E-state index contributed by atoms with van der Waals surface area (Å²) in [6.07, 6.45) is 4.46. The Balaban J connectivity index is 2.02. The molecule has 17 heavy (non-hydrogen) atoms. The molecule has 0 aliphatic carbocycles. The monoisotopic (exact) mass is 299 g/mol. The Labute approximate surface area is 111 Å². The maximum atomic E-state index is 13.7. The summed E-state index contributed by atoms with van der Waals surface area (Å²) in [7, 11) is 0. The van der Waals surface area contributed by atoms with Crippen molar-refractivity contribution in [3.05, 3.63) is 34.1 Å². The number of hydrogen-bond donors (Lipinski definition) is 1. The number of benzene rings is 1. The lowest BCUT2D eigenvalue weighted by Crippen LogP contribution is -2.39. The minimum absolute atomic E-state index is 0.0892. The van der Waals surface area contributed by atoms with E-state index in [2.05, 4.69) is 28.2 Å². The van der Waals surface area contributed by atoms with Crippen molar-refractivity contribution in [3.63, 3.8) is 0 Å². The highest BCUT2D eigenvalue weighted by molar-refractivity contribution is 9.10. The molecule has 1 fully saturated rings. The van der Waals surface area contributed by atoms with E-state index in [0.717, 1.165) is 28.9 Å². The van der Waals surface area contributed by atoms with Crippen molar-refractivity contribution in [1.29, 1.82) is 0 Å². The van der Waals surface area contributed by atoms with E-state index < -0.39 is 0 Å². The molecular weight excluding hydrogens is 281 g/mol. The Bertz CT molecular complexity index is 380. The van der Waals surface area contributed by atoms with Gasteiger partial charge in [0.15, 0.2) is 0 Å². The molecular formula is C14H19BrFN. The third-order valence-corrected chi connectivity index (χ3v) is 4.15. The Kier molecular flexibility index (Phi) is 4.57. The predicted molar refractivity (Wildman–Crippen MR) is 72.6 cm³/mol. The molecule has 1 aromatic carbocycles. The highest BCUT2D eigenvalue weighted by atomic mass is 79.9. The van der Waals surface area contributed by atoms with Crippen LogP contribution < -0.4 is 5.32 Å². The molecule has 0 bridgehead atoms. The lowest BCUT2D eigenvalue weighted by atomic mass is 9.87. The van der Waals surface area contributed by atoms with Crippen LogP contribution in [-0.4, -0.2) is 12.6 Å². The van der Waals surface area contributed by atoms with Gasteiger partial charge in [-0.1, -0.05) is 29.3 Å². The van der Waals surface area contributed by atoms with Gasteiger partial charge in [-0.15, -0.1) is 0 Å². The predicted octanol–water partition coefficient (Wildman–Crippen LogP) is 3.91. The second kappa shape index (κ2) is 5.96. The largest absolute Gasteiger partial charge is 0.314 e. The van der Waals surface area contributed by atoms with Gasteiger partial charge in [-0.25, -0.2) is 4.39 Å². The summed E-state index contributed by atoms with van der Waals surface area (Å²) < 4.78 is 14.6. The molecule has 1 saturated heterocycles. The number of piperidine rings is 1. The average Bonchev–Trinajstić information content (AvgIpc) is 2.34. The first kappa shape index (κ1) is 13.0. The second-order valence-corrected chi connectivity index (χ2v) is 5.81. The molecule has 2 rings (SSSR count). The van der Waals surface area contributed by atoms with Gasteiger partial charge in [0.25, 0.3) is 0 Å². The molecule has 1 heterocycles. The fourth-order valence-electron chi connectivity index (χ4n) is 2.59. The van der Waals surface area contributed by atoms with E-state index in [1.165, 1.54) is 19.3 Å². The highest BCUT2D eigenvalue weighted by Gasteiger charge is 2.21. The topological polar surface area (TPSA) is 12.0 Å². The zero-order valence-corrected chi connectivity index (χ0v) is 11.8. The first-order chi connectivity index (χ1) is 8.19. The summed E-state index contributed by atoms with van der Waals surface area (Å²) in [4.78, 5) is 0. The van der Waals surface area contributed by atoms with Crippen LogP contribution in [0, 0.1) is 11.7 Å². The average molecular weight is 300 g/mol. The molecule has 0 spiro atoms. The number of halogens is 2. The molecule has 0 saturated carbocycles. The van der Waals surface area contributed by atoms with Crippen LogP contribution in [0.2, 0.25) is 0 Å². The standard InChI is InChI=1S/C14H19BrFN/c1-2-10-5-6-17-13(7-10)9-11-8-12(15)3-4-14(11)16/h3-4,8,10,13,17H,2,5-7,9H2,1H3. The molecule has 2 unspecified atom stereocenters. The molecule has 0 aromatic heterocycles. The van der Waals surface area contributed by atoms with Crippen molar-refractivity contribution in [2.45, 2.75) is 38.6 Å². The van der Waals surface area contributed by atoms with Crippen molar-refractivity contribution in [1.82, 2.24) is 5.32 Å². The fraction of sp³-hybridized carbons (Fsp3) is 0.571.